The van der Waals surface area contributed by atoms with Crippen LogP contribution >= 0.6 is 22.6 Å². The van der Waals surface area contributed by atoms with Crippen molar-refractivity contribution in [3.63, 3.8) is 0 Å². The summed E-state index contributed by atoms with van der Waals surface area (Å²) in [5.41, 5.74) is 0.427. The van der Waals surface area contributed by atoms with Gasteiger partial charge in [-0.05, 0) is 34.7 Å². The lowest BCUT2D eigenvalue weighted by atomic mass is 10.2. The molecular weight excluding hydrogens is 383 g/mol. The minimum atomic E-state index is -3.71. The molecule has 1 aromatic carbocycles. The summed E-state index contributed by atoms with van der Waals surface area (Å²) < 4.78 is 30.6. The number of esters is 1. The van der Waals surface area contributed by atoms with Gasteiger partial charge in [-0.1, -0.05) is 18.2 Å². The molecule has 0 bridgehead atoms. The first-order valence-corrected chi connectivity index (χ1v) is 6.61. The van der Waals surface area contributed by atoms with Gasteiger partial charge in [0.05, 0.1) is 7.11 Å². The summed E-state index contributed by atoms with van der Waals surface area (Å²) in [6.07, 6.45) is 0.463. The van der Waals surface area contributed by atoms with E-state index in [9.17, 15) is 18.4 Å². The number of carbonyl (C=O) groups excluding carboxylic acids is 2. The molecule has 7 heteroatoms. The van der Waals surface area contributed by atoms with Crippen LogP contribution in [0.15, 0.2) is 40.0 Å². The average Bonchev–Trinajstić information content (AvgIpc) is 2.44. The summed E-state index contributed by atoms with van der Waals surface area (Å²) in [6.45, 7) is -0.0964. The van der Waals surface area contributed by atoms with Crippen molar-refractivity contribution in [1.82, 2.24) is 5.32 Å². The van der Waals surface area contributed by atoms with Gasteiger partial charge >= 0.3 is 11.9 Å². The van der Waals surface area contributed by atoms with Crippen LogP contribution in [0.3, 0.4) is 0 Å². The van der Waals surface area contributed by atoms with Crippen molar-refractivity contribution in [3.05, 3.63) is 45.6 Å². The second-order valence-corrected chi connectivity index (χ2v) is 5.14. The highest BCUT2D eigenvalue weighted by Gasteiger charge is 2.37. The molecule has 0 atom stereocenters. The number of hydrogen-bond donors (Lipinski definition) is 1. The van der Waals surface area contributed by atoms with Crippen molar-refractivity contribution < 1.29 is 23.1 Å². The number of ether oxygens (including phenoxy) is 1. The van der Waals surface area contributed by atoms with Gasteiger partial charge in [0.2, 0.25) is 0 Å². The third-order valence-corrected chi connectivity index (χ3v) is 2.94. The summed E-state index contributed by atoms with van der Waals surface area (Å²) in [7, 11) is 0.883. The number of carbonyl (C=O) groups is 2. The second-order valence-electron chi connectivity index (χ2n) is 3.75. The van der Waals surface area contributed by atoms with Crippen LogP contribution in [0.5, 0.6) is 0 Å². The normalized spacial score (nSPS) is 11.9. The molecule has 0 aromatic heterocycles. The van der Waals surface area contributed by atoms with Gasteiger partial charge in [0, 0.05) is 21.8 Å². The van der Waals surface area contributed by atoms with Crippen molar-refractivity contribution in [3.8, 4) is 0 Å². The highest BCUT2D eigenvalue weighted by molar-refractivity contribution is 14.1. The molecule has 0 fully saturated rings. The number of amides is 1. The minimum absolute atomic E-state index is 0.0964. The maximum atomic E-state index is 13.2. The quantitative estimate of drug-likeness (QED) is 0.616. The number of alkyl halides is 2. The van der Waals surface area contributed by atoms with Crippen molar-refractivity contribution in [1.29, 1.82) is 0 Å². The van der Waals surface area contributed by atoms with Crippen molar-refractivity contribution >= 4 is 34.5 Å². The van der Waals surface area contributed by atoms with Gasteiger partial charge in [-0.3, -0.25) is 4.79 Å². The summed E-state index contributed by atoms with van der Waals surface area (Å²) in [6, 6.07) is 8.36. The lowest BCUT2D eigenvalue weighted by Crippen LogP contribution is -2.29. The van der Waals surface area contributed by atoms with Crippen molar-refractivity contribution in [2.24, 2.45) is 0 Å². The standard InChI is InChI=1S/C13H12F2INO3/c1-20-12(19)13(14,15)7-10(16)8-17-11(18)9-5-3-2-4-6-9/h2-7H,8H2,1H3,(H,17,18). The van der Waals surface area contributed by atoms with Gasteiger partial charge in [0.15, 0.2) is 0 Å². The number of benzene rings is 1. The Labute approximate surface area is 128 Å². The largest absolute Gasteiger partial charge is 0.464 e. The Balaban J connectivity index is 2.61. The fraction of sp³-hybridized carbons (Fsp3) is 0.231. The fourth-order valence-electron chi connectivity index (χ4n) is 1.30. The minimum Gasteiger partial charge on any atom is -0.464 e. The van der Waals surface area contributed by atoms with Gasteiger partial charge in [0.25, 0.3) is 5.91 Å². The van der Waals surface area contributed by atoms with Gasteiger partial charge in [-0.2, -0.15) is 8.78 Å². The third kappa shape index (κ3) is 4.87. The molecule has 0 heterocycles. The second kappa shape index (κ2) is 7.32. The smallest absolute Gasteiger partial charge is 0.381 e. The van der Waals surface area contributed by atoms with Crippen LogP contribution in [0, 0.1) is 0 Å². The van der Waals surface area contributed by atoms with E-state index >= 15 is 0 Å². The molecule has 1 rings (SSSR count). The predicted molar refractivity (Wildman–Crippen MR) is 77.8 cm³/mol. The molecule has 0 radical (unpaired) electrons. The lowest BCUT2D eigenvalue weighted by Gasteiger charge is -2.10. The van der Waals surface area contributed by atoms with E-state index in [0.29, 0.717) is 11.6 Å². The Morgan fingerprint density at radius 3 is 2.50 bits per heavy atom. The van der Waals surface area contributed by atoms with Gasteiger partial charge in [-0.25, -0.2) is 4.79 Å². The van der Waals surface area contributed by atoms with Crippen LogP contribution in [-0.2, 0) is 9.53 Å². The zero-order chi connectivity index (χ0) is 15.2. The molecule has 108 valence electrons. The predicted octanol–water partition coefficient (Wildman–Crippen LogP) is 2.54. The number of halogens is 3. The molecule has 1 aromatic rings. The van der Waals surface area contributed by atoms with Crippen LogP contribution < -0.4 is 5.32 Å². The Morgan fingerprint density at radius 2 is 1.95 bits per heavy atom. The van der Waals surface area contributed by atoms with E-state index in [1.54, 1.807) is 52.9 Å². The first-order chi connectivity index (χ1) is 9.36. The fourth-order valence-corrected chi connectivity index (χ4v) is 1.88. The van der Waals surface area contributed by atoms with Crippen LogP contribution in [0.2, 0.25) is 0 Å². The zero-order valence-corrected chi connectivity index (χ0v) is 12.7. The van der Waals surface area contributed by atoms with Gasteiger partial charge in [0.1, 0.15) is 0 Å². The molecule has 0 aliphatic heterocycles. The van der Waals surface area contributed by atoms with E-state index in [-0.39, 0.29) is 16.0 Å². The summed E-state index contributed by atoms with van der Waals surface area (Å²) in [5.74, 6) is -5.72. The highest BCUT2D eigenvalue weighted by atomic mass is 127. The molecule has 1 amide bonds. The molecular formula is C13H12F2INO3. The zero-order valence-electron chi connectivity index (χ0n) is 10.5. The Kier molecular flexibility index (Phi) is 6.05. The Morgan fingerprint density at radius 1 is 1.35 bits per heavy atom. The number of methoxy groups -OCH3 is 1. The van der Waals surface area contributed by atoms with E-state index in [2.05, 4.69) is 10.1 Å². The average molecular weight is 395 g/mol. The Bertz CT molecular complexity index is 518. The third-order valence-electron chi connectivity index (χ3n) is 2.25. The Hall–Kier alpha value is -1.51. The summed E-state index contributed by atoms with van der Waals surface area (Å²) in [5, 5.41) is 2.48. The van der Waals surface area contributed by atoms with E-state index in [1.807, 2.05) is 0 Å². The molecule has 0 saturated heterocycles. The summed E-state index contributed by atoms with van der Waals surface area (Å²) >= 11 is 1.63. The molecule has 20 heavy (non-hydrogen) atoms. The van der Waals surface area contributed by atoms with Crippen LogP contribution in [0.1, 0.15) is 10.4 Å². The van der Waals surface area contributed by atoms with E-state index in [0.717, 1.165) is 7.11 Å². The van der Waals surface area contributed by atoms with Crippen LogP contribution in [-0.4, -0.2) is 31.5 Å². The molecule has 0 aliphatic carbocycles. The molecule has 0 unspecified atom stereocenters. The molecule has 4 nitrogen and oxygen atoms in total. The first-order valence-electron chi connectivity index (χ1n) is 5.53. The van der Waals surface area contributed by atoms with Gasteiger partial charge in [-0.15, -0.1) is 0 Å². The van der Waals surface area contributed by atoms with Gasteiger partial charge < -0.3 is 10.1 Å². The van der Waals surface area contributed by atoms with E-state index in [1.165, 1.54) is 0 Å². The van der Waals surface area contributed by atoms with Crippen LogP contribution in [0.25, 0.3) is 0 Å². The maximum Gasteiger partial charge on any atom is 0.381 e. The number of rotatable bonds is 5. The van der Waals surface area contributed by atoms with E-state index < -0.39 is 11.9 Å². The molecule has 0 spiro atoms. The molecule has 0 saturated carbocycles. The summed E-state index contributed by atoms with van der Waals surface area (Å²) in [4.78, 5) is 22.5. The van der Waals surface area contributed by atoms with E-state index in [4.69, 9.17) is 0 Å². The molecule has 1 N–H and O–H groups in total. The SMILES string of the molecule is COC(=O)C(F)(F)C=C(I)CNC(=O)c1ccccc1. The number of nitrogens with one attached hydrogen (secondary N) is 1. The highest BCUT2D eigenvalue weighted by Crippen LogP contribution is 2.21. The monoisotopic (exact) mass is 395 g/mol. The molecule has 0 aliphatic rings. The topological polar surface area (TPSA) is 55.4 Å². The first kappa shape index (κ1) is 16.5. The lowest BCUT2D eigenvalue weighted by molar-refractivity contribution is -0.161. The maximum absolute atomic E-state index is 13.2. The van der Waals surface area contributed by atoms with Crippen LogP contribution in [0.4, 0.5) is 8.78 Å². The van der Waals surface area contributed by atoms with Crippen molar-refractivity contribution in [2.45, 2.75) is 5.92 Å². The number of hydrogen-bond acceptors (Lipinski definition) is 3. The van der Waals surface area contributed by atoms with Crippen molar-refractivity contribution in [2.75, 3.05) is 13.7 Å².